The lowest BCUT2D eigenvalue weighted by Gasteiger charge is -2.35. The number of nitriles is 1. The average Bonchev–Trinajstić information content (AvgIpc) is 3.43. The van der Waals surface area contributed by atoms with Crippen LogP contribution in [0, 0.1) is 30.0 Å². The largest absolute Gasteiger partial charge is 0.281 e. The quantitative estimate of drug-likeness (QED) is 0.159. The number of hydrogen-bond acceptors (Lipinski definition) is 8. The third-order valence-electron chi connectivity index (χ3n) is 5.14. The molecule has 0 radical (unpaired) electrons. The summed E-state index contributed by atoms with van der Waals surface area (Å²) in [5, 5.41) is 27.9. The van der Waals surface area contributed by atoms with Crippen LogP contribution in [0.2, 0.25) is 0 Å². The first kappa shape index (κ1) is 23.8. The van der Waals surface area contributed by atoms with Gasteiger partial charge in [-0.05, 0) is 50.5 Å². The van der Waals surface area contributed by atoms with E-state index in [9.17, 15) is 8.78 Å². The van der Waals surface area contributed by atoms with Crippen LogP contribution < -0.4 is 10.3 Å². The molecule has 1 N–H and O–H groups in total. The standard InChI is InChI=1S/C23H21F2N7S2/c1-15(28-14-26)27-12-6-11-23(17-7-4-3-5-8-17)32(22-30-29-16(2)33-22)31-21(34-23)19-13-18(24)9-10-20(19)25/h3-5,7-10,13H,6,11-12H2,1-2H3,(H,27,28). The first-order chi connectivity index (χ1) is 16.4. The van der Waals surface area contributed by atoms with Gasteiger partial charge in [0.15, 0.2) is 6.19 Å². The predicted molar refractivity (Wildman–Crippen MR) is 132 cm³/mol. The Bertz CT molecular complexity index is 1270. The summed E-state index contributed by atoms with van der Waals surface area (Å²) in [6, 6.07) is 13.1. The predicted octanol–water partition coefficient (Wildman–Crippen LogP) is 5.16. The van der Waals surface area contributed by atoms with E-state index in [1.54, 1.807) is 11.9 Å². The summed E-state index contributed by atoms with van der Waals surface area (Å²) in [5.41, 5.74) is 1.04. The molecule has 1 aliphatic rings. The molecule has 174 valence electrons. The zero-order valence-corrected chi connectivity index (χ0v) is 20.1. The highest BCUT2D eigenvalue weighted by Gasteiger charge is 2.47. The van der Waals surface area contributed by atoms with Crippen LogP contribution in [0.1, 0.15) is 35.9 Å². The number of halogens is 2. The van der Waals surface area contributed by atoms with Crippen LogP contribution in [0.3, 0.4) is 0 Å². The Hall–Kier alpha value is -3.36. The normalized spacial score (nSPS) is 18.0. The van der Waals surface area contributed by atoms with E-state index in [0.29, 0.717) is 35.4 Å². The molecule has 1 unspecified atom stereocenters. The Morgan fingerprint density at radius 1 is 1.21 bits per heavy atom. The van der Waals surface area contributed by atoms with E-state index in [1.807, 2.05) is 43.4 Å². The summed E-state index contributed by atoms with van der Waals surface area (Å²) < 4.78 is 28.7. The number of amidine groups is 1. The number of anilines is 1. The molecule has 0 amide bonds. The highest BCUT2D eigenvalue weighted by Crippen LogP contribution is 2.52. The molecule has 1 aliphatic heterocycles. The van der Waals surface area contributed by atoms with Gasteiger partial charge in [-0.1, -0.05) is 53.4 Å². The van der Waals surface area contributed by atoms with Gasteiger partial charge >= 0.3 is 0 Å². The number of benzene rings is 2. The molecule has 0 fully saturated rings. The highest BCUT2D eigenvalue weighted by atomic mass is 32.2. The van der Waals surface area contributed by atoms with Gasteiger partial charge in [-0.2, -0.15) is 10.4 Å². The SMILES string of the molecule is CC(=NCCCC1(c2ccccc2)SC(c2cc(F)ccc2F)=NN1c1nnc(C)s1)NC#N. The molecule has 34 heavy (non-hydrogen) atoms. The number of aromatic nitrogens is 2. The summed E-state index contributed by atoms with van der Waals surface area (Å²) >= 11 is 2.74. The van der Waals surface area contributed by atoms with E-state index in [0.717, 1.165) is 28.8 Å². The number of hydrazone groups is 1. The monoisotopic (exact) mass is 497 g/mol. The Labute approximate surface area is 204 Å². The molecule has 4 rings (SSSR count). The number of hydrogen-bond donors (Lipinski definition) is 1. The lowest BCUT2D eigenvalue weighted by Crippen LogP contribution is -2.37. The highest BCUT2D eigenvalue weighted by molar-refractivity contribution is 8.15. The summed E-state index contributed by atoms with van der Waals surface area (Å²) in [7, 11) is 0. The van der Waals surface area contributed by atoms with Crippen molar-refractivity contribution in [2.24, 2.45) is 10.1 Å². The number of aryl methyl sites for hydroxylation is 1. The van der Waals surface area contributed by atoms with Crippen LogP contribution in [0.15, 0.2) is 58.6 Å². The lowest BCUT2D eigenvalue weighted by atomic mass is 10.0. The molecule has 0 aliphatic carbocycles. The van der Waals surface area contributed by atoms with Gasteiger partial charge in [0.1, 0.15) is 32.4 Å². The van der Waals surface area contributed by atoms with Gasteiger partial charge in [-0.3, -0.25) is 10.3 Å². The molecular formula is C23H21F2N7S2. The van der Waals surface area contributed by atoms with E-state index in [4.69, 9.17) is 10.4 Å². The van der Waals surface area contributed by atoms with Gasteiger partial charge in [0, 0.05) is 12.1 Å². The minimum atomic E-state index is -0.770. The van der Waals surface area contributed by atoms with Crippen LogP contribution in [-0.2, 0) is 4.87 Å². The van der Waals surface area contributed by atoms with Gasteiger partial charge < -0.3 is 0 Å². The van der Waals surface area contributed by atoms with Crippen molar-refractivity contribution in [1.29, 1.82) is 5.26 Å². The van der Waals surface area contributed by atoms with E-state index < -0.39 is 16.5 Å². The molecule has 7 nitrogen and oxygen atoms in total. The van der Waals surface area contributed by atoms with Crippen LogP contribution in [0.4, 0.5) is 13.9 Å². The second kappa shape index (κ2) is 10.3. The van der Waals surface area contributed by atoms with Crippen molar-refractivity contribution in [3.05, 3.63) is 76.3 Å². The maximum absolute atomic E-state index is 14.7. The van der Waals surface area contributed by atoms with Gasteiger partial charge in [0.25, 0.3) is 0 Å². The number of nitrogens with one attached hydrogen (secondary N) is 1. The zero-order valence-electron chi connectivity index (χ0n) is 18.5. The second-order valence-corrected chi connectivity index (χ2v) is 9.93. The average molecular weight is 498 g/mol. The number of nitrogens with zero attached hydrogens (tertiary/aromatic N) is 6. The van der Waals surface area contributed by atoms with Gasteiger partial charge in [-0.25, -0.2) is 13.8 Å². The summed E-state index contributed by atoms with van der Waals surface area (Å²) in [6.45, 7) is 4.05. The van der Waals surface area contributed by atoms with Crippen LogP contribution >= 0.6 is 23.1 Å². The maximum atomic E-state index is 14.7. The molecule has 0 saturated heterocycles. The fraction of sp³-hybridized carbons (Fsp3) is 0.261. The Morgan fingerprint density at radius 3 is 2.71 bits per heavy atom. The summed E-state index contributed by atoms with van der Waals surface area (Å²) in [4.78, 5) is 3.62. The minimum Gasteiger partial charge on any atom is -0.281 e. The van der Waals surface area contributed by atoms with Gasteiger partial charge in [-0.15, -0.1) is 10.2 Å². The van der Waals surface area contributed by atoms with Crippen molar-refractivity contribution in [2.75, 3.05) is 11.6 Å². The van der Waals surface area contributed by atoms with E-state index in [1.165, 1.54) is 23.1 Å². The molecule has 3 aromatic rings. The van der Waals surface area contributed by atoms with Gasteiger partial charge in [0.2, 0.25) is 5.13 Å². The van der Waals surface area contributed by atoms with Crippen molar-refractivity contribution in [3.8, 4) is 6.19 Å². The van der Waals surface area contributed by atoms with E-state index in [-0.39, 0.29) is 5.56 Å². The van der Waals surface area contributed by atoms with Crippen LogP contribution in [0.5, 0.6) is 0 Å². The molecule has 11 heteroatoms. The molecule has 0 saturated carbocycles. The van der Waals surface area contributed by atoms with E-state index >= 15 is 0 Å². The smallest absolute Gasteiger partial charge is 0.230 e. The fourth-order valence-electron chi connectivity index (χ4n) is 3.60. The third-order valence-corrected chi connectivity index (χ3v) is 7.40. The topological polar surface area (TPSA) is 89.6 Å². The van der Waals surface area contributed by atoms with Gasteiger partial charge in [0.05, 0.1) is 0 Å². The number of rotatable bonds is 7. The van der Waals surface area contributed by atoms with Crippen molar-refractivity contribution < 1.29 is 8.78 Å². The summed E-state index contributed by atoms with van der Waals surface area (Å²) in [5.74, 6) is -0.552. The fourth-order valence-corrected chi connectivity index (χ4v) is 5.79. The molecule has 1 aromatic heterocycles. The number of aliphatic imine (C=N–C) groups is 1. The molecule has 2 aromatic carbocycles. The van der Waals surface area contributed by atoms with Crippen LogP contribution in [-0.4, -0.2) is 27.6 Å². The Kier molecular flexibility index (Phi) is 7.19. The number of thioether (sulfide) groups is 1. The molecule has 1 atom stereocenters. The molecule has 2 heterocycles. The van der Waals surface area contributed by atoms with Crippen molar-refractivity contribution in [1.82, 2.24) is 15.5 Å². The minimum absolute atomic E-state index is 0.0983. The second-order valence-electron chi connectivity index (χ2n) is 7.50. The summed E-state index contributed by atoms with van der Waals surface area (Å²) in [6.07, 6.45) is 3.08. The Morgan fingerprint density at radius 2 is 2.00 bits per heavy atom. The van der Waals surface area contributed by atoms with Crippen molar-refractivity contribution >= 4 is 39.1 Å². The van der Waals surface area contributed by atoms with Crippen LogP contribution in [0.25, 0.3) is 0 Å². The maximum Gasteiger partial charge on any atom is 0.230 e. The van der Waals surface area contributed by atoms with Crippen molar-refractivity contribution in [3.63, 3.8) is 0 Å². The zero-order chi connectivity index (χ0) is 24.1. The first-order valence-electron chi connectivity index (χ1n) is 10.5. The third kappa shape index (κ3) is 4.93. The molecule has 0 bridgehead atoms. The Balaban J connectivity index is 1.77. The first-order valence-corrected chi connectivity index (χ1v) is 12.1. The van der Waals surface area contributed by atoms with Crippen molar-refractivity contribution in [2.45, 2.75) is 31.6 Å². The van der Waals surface area contributed by atoms with E-state index in [2.05, 4.69) is 20.5 Å². The molecule has 0 spiro atoms. The molecular weight excluding hydrogens is 476 g/mol. The lowest BCUT2D eigenvalue weighted by molar-refractivity contribution is 0.525.